The minimum atomic E-state index is -1.22. The van der Waals surface area contributed by atoms with Crippen LogP contribution in [-0.4, -0.2) is 49.7 Å². The van der Waals surface area contributed by atoms with Crippen LogP contribution in [0.3, 0.4) is 0 Å². The fourth-order valence-corrected chi connectivity index (χ4v) is 4.23. The van der Waals surface area contributed by atoms with Gasteiger partial charge in [-0.15, -0.1) is 0 Å². The molecule has 0 bridgehead atoms. The Morgan fingerprint density at radius 3 is 2.22 bits per heavy atom. The van der Waals surface area contributed by atoms with Crippen molar-refractivity contribution in [3.8, 4) is 11.5 Å². The molecule has 11 heteroatoms. The van der Waals surface area contributed by atoms with Gasteiger partial charge in [0.1, 0.15) is 11.5 Å². The van der Waals surface area contributed by atoms with Crippen LogP contribution in [0.25, 0.3) is 0 Å². The first-order valence-electron chi connectivity index (χ1n) is 12.1. The molecule has 3 aromatic rings. The maximum Gasteiger partial charge on any atom is 0.355 e. The summed E-state index contributed by atoms with van der Waals surface area (Å²) >= 11 is 0. The zero-order valence-corrected chi connectivity index (χ0v) is 22.6. The number of ether oxygens (including phenoxy) is 1. The van der Waals surface area contributed by atoms with Gasteiger partial charge in [-0.05, 0) is 61.0 Å². The minimum Gasteiger partial charge on any atom is -0.547 e. The van der Waals surface area contributed by atoms with Gasteiger partial charge in [0.15, 0.2) is 0 Å². The lowest BCUT2D eigenvalue weighted by atomic mass is 10.2. The number of nitrogens with zero attached hydrogens (tertiary/aromatic N) is 4. The molecule has 0 spiro atoms. The van der Waals surface area contributed by atoms with E-state index < -0.39 is 20.4 Å². The highest BCUT2D eigenvalue weighted by molar-refractivity contribution is 6.49. The molecule has 0 radical (unpaired) electrons. The second-order valence-corrected chi connectivity index (χ2v) is 10.8. The molecule has 10 nitrogen and oxygen atoms in total. The van der Waals surface area contributed by atoms with Crippen molar-refractivity contribution in [2.45, 2.75) is 32.6 Å². The van der Waals surface area contributed by atoms with E-state index in [4.69, 9.17) is 14.9 Å². The van der Waals surface area contributed by atoms with Crippen molar-refractivity contribution in [2.24, 2.45) is 10.7 Å². The lowest BCUT2D eigenvalue weighted by molar-refractivity contribution is 0.414. The average Bonchev–Trinajstić information content (AvgIpc) is 2.89. The van der Waals surface area contributed by atoms with Crippen molar-refractivity contribution in [3.63, 3.8) is 0 Å². The van der Waals surface area contributed by atoms with E-state index in [1.165, 1.54) is 4.57 Å². The molecule has 0 aliphatic carbocycles. The van der Waals surface area contributed by atoms with Crippen LogP contribution in [0.5, 0.6) is 11.5 Å². The number of anilines is 1. The summed E-state index contributed by atoms with van der Waals surface area (Å²) in [5.41, 5.74) is 5.94. The average molecular weight is 523 g/mol. The third-order valence-corrected chi connectivity index (χ3v) is 6.06. The van der Waals surface area contributed by atoms with Crippen LogP contribution in [0, 0.1) is 0 Å². The number of rotatable bonds is 13. The number of aromatic nitrogens is 3. The van der Waals surface area contributed by atoms with E-state index in [1.807, 2.05) is 42.5 Å². The molecule has 1 aromatic heterocycles. The first-order valence-corrected chi connectivity index (χ1v) is 14.9. The summed E-state index contributed by atoms with van der Waals surface area (Å²) in [7, 11) is 0.367. The molecule has 196 valence electrons. The molecule has 2 aromatic carbocycles. The molecule has 0 unspecified atom stereocenters. The smallest absolute Gasteiger partial charge is 0.355 e. The van der Waals surface area contributed by atoms with Crippen LogP contribution in [-0.2, 0) is 13.1 Å². The highest BCUT2D eigenvalue weighted by atomic mass is 28.3. The van der Waals surface area contributed by atoms with Gasteiger partial charge in [0.2, 0.25) is 15.0 Å². The summed E-state index contributed by atoms with van der Waals surface area (Å²) in [4.78, 5) is 34.5. The molecule has 0 saturated heterocycles. The zero-order valence-electron chi connectivity index (χ0n) is 21.5. The van der Waals surface area contributed by atoms with Gasteiger partial charge < -0.3 is 20.2 Å². The number of allylic oxidation sites excluding steroid dienone is 1. The van der Waals surface area contributed by atoms with E-state index in [0.717, 1.165) is 21.4 Å². The third-order valence-electron chi connectivity index (χ3n) is 5.31. The Labute approximate surface area is 217 Å². The maximum atomic E-state index is 13.5. The summed E-state index contributed by atoms with van der Waals surface area (Å²) in [6.45, 7) is 5.26. The van der Waals surface area contributed by atoms with Crippen LogP contribution < -0.4 is 31.6 Å². The number of benzene rings is 2. The van der Waals surface area contributed by atoms with E-state index in [-0.39, 0.29) is 25.7 Å². The molecule has 1 heterocycles. The SMILES string of the molecule is COc1ccc(Cn2c(=O)nc(NCC/C=C\C=NCN)n(Cc3ccc(O[SiH](C)C)cc3)c2=O)cc1. The number of methoxy groups -OCH3 is 1. The molecule has 37 heavy (non-hydrogen) atoms. The van der Waals surface area contributed by atoms with Gasteiger partial charge in [0, 0.05) is 12.8 Å². The van der Waals surface area contributed by atoms with Crippen LogP contribution in [0.2, 0.25) is 13.1 Å². The second-order valence-electron chi connectivity index (χ2n) is 8.49. The number of nitrogens with two attached hydrogens (primary N) is 1. The predicted octanol–water partition coefficient (Wildman–Crippen LogP) is 2.22. The first-order chi connectivity index (χ1) is 17.9. The minimum absolute atomic E-state index is 0.101. The molecule has 3 N–H and O–H groups in total. The Morgan fingerprint density at radius 1 is 1.00 bits per heavy atom. The molecule has 3 rings (SSSR count). The Balaban J connectivity index is 1.89. The van der Waals surface area contributed by atoms with Gasteiger partial charge in [-0.2, -0.15) is 4.98 Å². The Kier molecular flexibility index (Phi) is 10.4. The number of nitrogens with one attached hydrogen (secondary N) is 1. The van der Waals surface area contributed by atoms with E-state index >= 15 is 0 Å². The largest absolute Gasteiger partial charge is 0.547 e. The summed E-state index contributed by atoms with van der Waals surface area (Å²) in [6.07, 6.45) is 5.98. The highest BCUT2D eigenvalue weighted by Crippen LogP contribution is 2.15. The van der Waals surface area contributed by atoms with Gasteiger partial charge in [-0.1, -0.05) is 30.3 Å². The highest BCUT2D eigenvalue weighted by Gasteiger charge is 2.14. The maximum absolute atomic E-state index is 13.5. The summed E-state index contributed by atoms with van der Waals surface area (Å²) in [6, 6.07) is 14.8. The Hall–Kier alpha value is -3.96. The van der Waals surface area contributed by atoms with Crippen LogP contribution in [0.15, 0.2) is 75.3 Å². The number of aliphatic imine (C=N–C) groups is 1. The Bertz CT molecular complexity index is 1310. The fraction of sp³-hybridized carbons (Fsp3) is 0.308. The number of hydrogen-bond donors (Lipinski definition) is 2. The third kappa shape index (κ3) is 8.29. The van der Waals surface area contributed by atoms with Crippen LogP contribution >= 0.6 is 0 Å². The van der Waals surface area contributed by atoms with E-state index in [2.05, 4.69) is 28.4 Å². The van der Waals surface area contributed by atoms with Crippen LogP contribution in [0.4, 0.5) is 5.95 Å². The zero-order chi connectivity index (χ0) is 26.6. The monoisotopic (exact) mass is 522 g/mol. The lowest BCUT2D eigenvalue weighted by Crippen LogP contribution is -2.43. The summed E-state index contributed by atoms with van der Waals surface area (Å²) in [5, 5.41) is 3.13. The summed E-state index contributed by atoms with van der Waals surface area (Å²) in [5.74, 6) is 1.73. The van der Waals surface area contributed by atoms with Crippen molar-refractivity contribution in [2.75, 3.05) is 25.6 Å². The second kappa shape index (κ2) is 13.9. The molecule has 0 amide bonds. The van der Waals surface area contributed by atoms with Crippen molar-refractivity contribution in [3.05, 3.63) is 92.8 Å². The first kappa shape index (κ1) is 27.6. The van der Waals surface area contributed by atoms with E-state index in [0.29, 0.717) is 18.7 Å². The predicted molar refractivity (Wildman–Crippen MR) is 150 cm³/mol. The van der Waals surface area contributed by atoms with Gasteiger partial charge in [0.25, 0.3) is 0 Å². The van der Waals surface area contributed by atoms with Crippen molar-refractivity contribution in [1.29, 1.82) is 0 Å². The van der Waals surface area contributed by atoms with Gasteiger partial charge in [-0.25, -0.2) is 14.2 Å². The van der Waals surface area contributed by atoms with E-state index in [9.17, 15) is 9.59 Å². The fourth-order valence-electron chi connectivity index (χ4n) is 3.53. The molecule has 0 fully saturated rings. The molecule has 0 aliphatic rings. The van der Waals surface area contributed by atoms with Crippen molar-refractivity contribution >= 4 is 21.2 Å². The normalized spacial score (nSPS) is 11.5. The van der Waals surface area contributed by atoms with Crippen molar-refractivity contribution < 1.29 is 9.16 Å². The molecule has 0 saturated carbocycles. The van der Waals surface area contributed by atoms with Gasteiger partial charge in [0.05, 0.1) is 26.9 Å². The van der Waals surface area contributed by atoms with Gasteiger partial charge in [-0.3, -0.25) is 9.56 Å². The molecular formula is C26H34N6O4Si. The molecule has 0 aliphatic heterocycles. The Morgan fingerprint density at radius 2 is 1.62 bits per heavy atom. The van der Waals surface area contributed by atoms with Crippen molar-refractivity contribution in [1.82, 2.24) is 14.1 Å². The topological polar surface area (TPSA) is 126 Å². The lowest BCUT2D eigenvalue weighted by Gasteiger charge is -2.16. The molecular weight excluding hydrogens is 488 g/mol. The summed E-state index contributed by atoms with van der Waals surface area (Å²) < 4.78 is 13.7. The van der Waals surface area contributed by atoms with Gasteiger partial charge >= 0.3 is 11.4 Å². The number of hydrogen-bond acceptors (Lipinski definition) is 8. The van der Waals surface area contributed by atoms with Crippen LogP contribution in [0.1, 0.15) is 17.5 Å². The quantitative estimate of drug-likeness (QED) is 0.200. The standard InChI is InChI=1S/C26H34N6O4Si/c1-35-22-11-7-21(8-12-22)18-32-25(33)30-24(29-16-6-4-5-15-28-19-27)31(26(32)34)17-20-9-13-23(14-10-20)36-37(2)3/h4-5,7-15,37H,6,16-19,27H2,1-3H3,(H,29,30,33)/b5-4-,28-15?. The molecule has 0 atom stereocenters. The van der Waals surface area contributed by atoms with E-state index in [1.54, 1.807) is 31.5 Å².